The number of thioether (sulfide) groups is 1. The Kier molecular flexibility index (Phi) is 5.17. The Labute approximate surface area is 130 Å². The van der Waals surface area contributed by atoms with Crippen molar-refractivity contribution in [3.8, 4) is 0 Å². The van der Waals surface area contributed by atoms with Gasteiger partial charge in [-0.25, -0.2) is 4.79 Å². The first-order valence-corrected chi connectivity index (χ1v) is 8.28. The second kappa shape index (κ2) is 6.71. The monoisotopic (exact) mass is 309 g/mol. The molecule has 1 aromatic carbocycles. The maximum atomic E-state index is 11.7. The molecule has 4 nitrogen and oxygen atoms in total. The Balaban J connectivity index is 2.38. The van der Waals surface area contributed by atoms with Gasteiger partial charge in [0.25, 0.3) is 0 Å². The Hall–Kier alpha value is -1.20. The first kappa shape index (κ1) is 16.2. The van der Waals surface area contributed by atoms with Gasteiger partial charge in [0, 0.05) is 25.1 Å². The summed E-state index contributed by atoms with van der Waals surface area (Å²) in [5, 5.41) is 9.62. The Morgan fingerprint density at radius 3 is 2.90 bits per heavy atom. The van der Waals surface area contributed by atoms with E-state index in [1.54, 1.807) is 18.9 Å². The molecule has 0 saturated carbocycles. The molecule has 1 aromatic rings. The van der Waals surface area contributed by atoms with E-state index in [4.69, 9.17) is 4.74 Å². The fraction of sp³-hybridized carbons (Fsp3) is 0.562. The van der Waals surface area contributed by atoms with E-state index < -0.39 is 5.97 Å². The lowest BCUT2D eigenvalue weighted by Gasteiger charge is -2.41. The van der Waals surface area contributed by atoms with E-state index in [1.807, 2.05) is 25.1 Å². The predicted molar refractivity (Wildman–Crippen MR) is 86.7 cm³/mol. The maximum Gasteiger partial charge on any atom is 0.338 e. The summed E-state index contributed by atoms with van der Waals surface area (Å²) in [5.74, 6) is 0.00530. The molecular weight excluding hydrogens is 286 g/mol. The summed E-state index contributed by atoms with van der Waals surface area (Å²) in [6.45, 7) is 5.72. The number of benzene rings is 1. The van der Waals surface area contributed by atoms with Crippen LogP contribution in [-0.2, 0) is 4.74 Å². The number of rotatable bonds is 5. The van der Waals surface area contributed by atoms with Crippen molar-refractivity contribution in [1.82, 2.24) is 0 Å². The van der Waals surface area contributed by atoms with Crippen molar-refractivity contribution in [3.63, 3.8) is 0 Å². The average Bonchev–Trinajstić information content (AvgIpc) is 2.47. The van der Waals surface area contributed by atoms with Crippen LogP contribution in [0.1, 0.15) is 37.0 Å². The minimum Gasteiger partial charge on any atom is -0.478 e. The van der Waals surface area contributed by atoms with Crippen LogP contribution in [0.25, 0.3) is 0 Å². The largest absolute Gasteiger partial charge is 0.478 e. The average molecular weight is 309 g/mol. The van der Waals surface area contributed by atoms with Crippen molar-refractivity contribution in [2.24, 2.45) is 0 Å². The highest BCUT2D eigenvalue weighted by Crippen LogP contribution is 2.34. The number of anilines is 1. The van der Waals surface area contributed by atoms with Crippen LogP contribution in [-0.4, -0.2) is 42.6 Å². The van der Waals surface area contributed by atoms with E-state index in [0.29, 0.717) is 5.56 Å². The summed E-state index contributed by atoms with van der Waals surface area (Å²) in [7, 11) is 1.73. The molecular formula is C16H23NO3S. The number of hydrogen-bond donors (Lipinski definition) is 1. The van der Waals surface area contributed by atoms with E-state index in [0.717, 1.165) is 42.3 Å². The summed E-state index contributed by atoms with van der Waals surface area (Å²) in [6, 6.07) is 5.74. The van der Waals surface area contributed by atoms with Gasteiger partial charge in [0.1, 0.15) is 0 Å². The highest BCUT2D eigenvalue weighted by atomic mass is 32.2. The molecule has 1 heterocycles. The molecule has 1 N–H and O–H groups in total. The first-order valence-electron chi connectivity index (χ1n) is 7.30. The zero-order chi connectivity index (χ0) is 15.5. The van der Waals surface area contributed by atoms with Crippen LogP contribution in [0.15, 0.2) is 23.1 Å². The minimum absolute atomic E-state index is 0.206. The molecule has 1 aliphatic heterocycles. The van der Waals surface area contributed by atoms with Crippen molar-refractivity contribution < 1.29 is 14.6 Å². The van der Waals surface area contributed by atoms with Crippen LogP contribution in [0.2, 0.25) is 0 Å². The molecule has 0 aliphatic carbocycles. The van der Waals surface area contributed by atoms with Gasteiger partial charge < -0.3 is 14.7 Å². The normalized spacial score (nSPS) is 22.3. The van der Waals surface area contributed by atoms with E-state index in [9.17, 15) is 9.90 Å². The van der Waals surface area contributed by atoms with Gasteiger partial charge in [-0.15, -0.1) is 11.8 Å². The fourth-order valence-electron chi connectivity index (χ4n) is 2.85. The molecule has 0 radical (unpaired) electrons. The molecule has 0 spiro atoms. The fourth-order valence-corrected chi connectivity index (χ4v) is 3.67. The Morgan fingerprint density at radius 2 is 2.29 bits per heavy atom. The van der Waals surface area contributed by atoms with Crippen molar-refractivity contribution in [3.05, 3.63) is 23.8 Å². The molecule has 1 saturated heterocycles. The minimum atomic E-state index is -0.855. The number of methoxy groups -OCH3 is 1. The van der Waals surface area contributed by atoms with Crippen molar-refractivity contribution >= 4 is 23.4 Å². The van der Waals surface area contributed by atoms with Crippen LogP contribution in [0, 0.1) is 0 Å². The zero-order valence-electron chi connectivity index (χ0n) is 12.9. The summed E-state index contributed by atoms with van der Waals surface area (Å²) >= 11 is 1.58. The van der Waals surface area contributed by atoms with Gasteiger partial charge in [0.15, 0.2) is 0 Å². The van der Waals surface area contributed by atoms with Gasteiger partial charge in [-0.05, 0) is 37.7 Å². The molecule has 1 fully saturated rings. The van der Waals surface area contributed by atoms with Crippen molar-refractivity contribution in [1.29, 1.82) is 0 Å². The van der Waals surface area contributed by atoms with Gasteiger partial charge in [-0.1, -0.05) is 13.0 Å². The van der Waals surface area contributed by atoms with Gasteiger partial charge in [0.05, 0.1) is 16.9 Å². The highest BCUT2D eigenvalue weighted by Gasteiger charge is 2.32. The number of carboxylic acid groups (broad SMARTS) is 1. The number of carbonyl (C=O) groups is 1. The molecule has 0 amide bonds. The standard InChI is InChI=1S/C16H23NO3S/c1-4-21-13-8-5-7-12(14(13)15(18)19)17-10-6-9-16(2,11-17)20-3/h5,7-8H,4,6,9-11H2,1-3H3,(H,18,19). The number of hydrogen-bond acceptors (Lipinski definition) is 4. The molecule has 0 bridgehead atoms. The van der Waals surface area contributed by atoms with Crippen molar-refractivity contribution in [2.75, 3.05) is 30.9 Å². The third kappa shape index (κ3) is 3.52. The van der Waals surface area contributed by atoms with E-state index in [2.05, 4.69) is 11.8 Å². The van der Waals surface area contributed by atoms with Gasteiger partial charge in [-0.3, -0.25) is 0 Å². The summed E-state index contributed by atoms with van der Waals surface area (Å²) < 4.78 is 5.61. The summed E-state index contributed by atoms with van der Waals surface area (Å²) in [5.41, 5.74) is 1.02. The maximum absolute atomic E-state index is 11.7. The van der Waals surface area contributed by atoms with Crippen molar-refractivity contribution in [2.45, 2.75) is 37.2 Å². The Bertz CT molecular complexity index is 520. The van der Waals surface area contributed by atoms with Gasteiger partial charge in [-0.2, -0.15) is 0 Å². The van der Waals surface area contributed by atoms with E-state index >= 15 is 0 Å². The Morgan fingerprint density at radius 1 is 1.52 bits per heavy atom. The molecule has 5 heteroatoms. The summed E-state index contributed by atoms with van der Waals surface area (Å²) in [6.07, 6.45) is 2.01. The molecule has 0 aromatic heterocycles. The highest BCUT2D eigenvalue weighted by molar-refractivity contribution is 7.99. The van der Waals surface area contributed by atoms with Gasteiger partial charge in [0.2, 0.25) is 0 Å². The third-order valence-electron chi connectivity index (χ3n) is 4.01. The first-order chi connectivity index (χ1) is 10.0. The second-order valence-corrected chi connectivity index (χ2v) is 6.87. The van der Waals surface area contributed by atoms with Gasteiger partial charge >= 0.3 is 5.97 Å². The molecule has 1 unspecified atom stereocenters. The SMILES string of the molecule is CCSc1cccc(N2CCCC(C)(OC)C2)c1C(=O)O. The number of piperidine rings is 1. The third-order valence-corrected chi connectivity index (χ3v) is 4.95. The van der Waals surface area contributed by atoms with E-state index in [-0.39, 0.29) is 5.60 Å². The van der Waals surface area contributed by atoms with Crippen LogP contribution in [0.3, 0.4) is 0 Å². The molecule has 116 valence electrons. The quantitative estimate of drug-likeness (QED) is 0.844. The number of ether oxygens (including phenoxy) is 1. The smallest absolute Gasteiger partial charge is 0.338 e. The van der Waals surface area contributed by atoms with E-state index in [1.165, 1.54) is 0 Å². The molecule has 2 rings (SSSR count). The summed E-state index contributed by atoms with van der Waals surface area (Å²) in [4.78, 5) is 14.7. The second-order valence-electron chi connectivity index (χ2n) is 5.57. The molecule has 21 heavy (non-hydrogen) atoms. The van der Waals surface area contributed by atoms with Crippen LogP contribution >= 0.6 is 11.8 Å². The lowest BCUT2D eigenvalue weighted by molar-refractivity contribution is -0.00473. The number of aromatic carboxylic acids is 1. The van der Waals surface area contributed by atoms with Crippen LogP contribution in [0.5, 0.6) is 0 Å². The number of carboxylic acids is 1. The molecule has 1 atom stereocenters. The van der Waals surface area contributed by atoms with Crippen LogP contribution < -0.4 is 4.90 Å². The number of nitrogens with zero attached hydrogens (tertiary/aromatic N) is 1. The lowest BCUT2D eigenvalue weighted by Crippen LogP contribution is -2.47. The predicted octanol–water partition coefficient (Wildman–Crippen LogP) is 3.50. The lowest BCUT2D eigenvalue weighted by atomic mass is 9.94. The topological polar surface area (TPSA) is 49.8 Å². The zero-order valence-corrected chi connectivity index (χ0v) is 13.7. The van der Waals surface area contributed by atoms with Crippen LogP contribution in [0.4, 0.5) is 5.69 Å². The molecule has 1 aliphatic rings.